The van der Waals surface area contributed by atoms with Gasteiger partial charge in [-0.05, 0) is 74.9 Å². The lowest BCUT2D eigenvalue weighted by Gasteiger charge is -2.30. The van der Waals surface area contributed by atoms with Crippen molar-refractivity contribution in [2.45, 2.75) is 60.8 Å². The van der Waals surface area contributed by atoms with E-state index >= 15 is 0 Å². The molecule has 0 saturated carbocycles. The summed E-state index contributed by atoms with van der Waals surface area (Å²) < 4.78 is 43.5. The Bertz CT molecular complexity index is 1260. The van der Waals surface area contributed by atoms with Crippen LogP contribution in [0, 0.1) is 20.8 Å². The minimum absolute atomic E-state index is 0.402. The highest BCUT2D eigenvalue weighted by atomic mass is 31.3. The minimum atomic E-state index is -3.33. The van der Waals surface area contributed by atoms with Crippen molar-refractivity contribution >= 4 is 24.7 Å². The molecule has 0 radical (unpaired) electrons. The Balaban J connectivity index is 2.12. The Kier molecular flexibility index (Phi) is 14.6. The monoisotopic (exact) mass is 620 g/mol. The molecule has 3 unspecified atom stereocenters. The topological polar surface area (TPSA) is 79.8 Å². The predicted molar refractivity (Wildman–Crippen MR) is 170 cm³/mol. The highest BCUT2D eigenvalue weighted by Gasteiger charge is 2.35. The number of benzene rings is 3. The third-order valence-corrected chi connectivity index (χ3v) is 11.3. The van der Waals surface area contributed by atoms with Crippen molar-refractivity contribution in [1.82, 2.24) is 4.86 Å². The van der Waals surface area contributed by atoms with Gasteiger partial charge in [0.1, 0.15) is 17.2 Å². The highest BCUT2D eigenvalue weighted by Crippen LogP contribution is 2.62. The SMILES string of the molecule is CCCOP(N=P(NP(OCCC)Oc1ccccc1C)(OCCC)Oc1ccccc1C)Oc1ccccc1C. The molecule has 3 rings (SSSR count). The molecule has 0 aliphatic rings. The molecule has 0 aromatic heterocycles. The van der Waals surface area contributed by atoms with E-state index in [4.69, 9.17) is 31.7 Å². The predicted octanol–water partition coefficient (Wildman–Crippen LogP) is 10.4. The number of nitrogens with one attached hydrogen (secondary N) is 1. The van der Waals surface area contributed by atoms with E-state index < -0.39 is 24.7 Å². The molecular weight excluding hydrogens is 577 g/mol. The molecule has 41 heavy (non-hydrogen) atoms. The van der Waals surface area contributed by atoms with Gasteiger partial charge in [-0.2, -0.15) is 0 Å². The molecule has 8 nitrogen and oxygen atoms in total. The number of para-hydroxylation sites is 3. The average molecular weight is 621 g/mol. The number of rotatable bonds is 18. The van der Waals surface area contributed by atoms with Gasteiger partial charge in [-0.1, -0.05) is 75.4 Å². The summed E-state index contributed by atoms with van der Waals surface area (Å²) in [5.74, 6) is 2.06. The summed E-state index contributed by atoms with van der Waals surface area (Å²) in [6.45, 7) is 13.5. The molecule has 1 N–H and O–H groups in total. The zero-order valence-corrected chi connectivity index (χ0v) is 27.6. The average Bonchev–Trinajstić information content (AvgIpc) is 2.97. The van der Waals surface area contributed by atoms with Gasteiger partial charge in [-0.3, -0.25) is 0 Å². The van der Waals surface area contributed by atoms with Crippen molar-refractivity contribution < 1.29 is 27.1 Å². The van der Waals surface area contributed by atoms with Crippen LogP contribution in [0.4, 0.5) is 0 Å². The van der Waals surface area contributed by atoms with Crippen molar-refractivity contribution in [1.29, 1.82) is 0 Å². The normalized spacial score (nSPS) is 14.1. The fourth-order valence-corrected chi connectivity index (χ4v) is 9.44. The maximum absolute atomic E-state index is 6.72. The number of nitrogens with zero attached hydrogens (tertiary/aromatic N) is 1. The van der Waals surface area contributed by atoms with Crippen LogP contribution in [-0.2, 0) is 13.6 Å². The summed E-state index contributed by atoms with van der Waals surface area (Å²) in [4.78, 5) is 3.47. The van der Waals surface area contributed by atoms with Gasteiger partial charge in [0.2, 0.25) is 0 Å². The first-order chi connectivity index (χ1) is 19.9. The van der Waals surface area contributed by atoms with Crippen molar-refractivity contribution in [3.05, 3.63) is 89.5 Å². The Morgan fingerprint density at radius 1 is 0.634 bits per heavy atom. The van der Waals surface area contributed by atoms with Gasteiger partial charge in [-0.25, -0.2) is 0 Å². The van der Waals surface area contributed by atoms with E-state index in [1.54, 1.807) is 0 Å². The molecule has 0 bridgehead atoms. The summed E-state index contributed by atoms with van der Waals surface area (Å²) in [5.41, 5.74) is 2.93. The Labute approximate surface area is 248 Å². The maximum Gasteiger partial charge on any atom is 0.377 e. The lowest BCUT2D eigenvalue weighted by Crippen LogP contribution is -2.18. The summed E-state index contributed by atoms with van der Waals surface area (Å²) in [6, 6.07) is 23.4. The Hall–Kier alpha value is -2.01. The Morgan fingerprint density at radius 3 is 1.66 bits per heavy atom. The molecule has 3 atom stereocenters. The first-order valence-corrected chi connectivity index (χ1v) is 17.9. The molecule has 3 aromatic rings. The number of hydrogen-bond donors (Lipinski definition) is 1. The molecule has 3 aromatic carbocycles. The second-order valence-corrected chi connectivity index (χ2v) is 14.1. The molecule has 0 saturated heterocycles. The highest BCUT2D eigenvalue weighted by molar-refractivity contribution is 7.70. The van der Waals surface area contributed by atoms with Gasteiger partial charge in [0, 0.05) is 0 Å². The van der Waals surface area contributed by atoms with Crippen molar-refractivity contribution in [2.24, 2.45) is 4.52 Å². The van der Waals surface area contributed by atoms with E-state index in [0.717, 1.165) is 36.0 Å². The minimum Gasteiger partial charge on any atom is -0.435 e. The zero-order chi connectivity index (χ0) is 29.5. The number of aryl methyl sites for hydroxylation is 3. The smallest absolute Gasteiger partial charge is 0.377 e. The second kappa shape index (κ2) is 17.8. The number of hydrogen-bond acceptors (Lipinski definition) is 7. The lowest BCUT2D eigenvalue weighted by atomic mass is 10.2. The van der Waals surface area contributed by atoms with E-state index in [2.05, 4.69) is 11.8 Å². The van der Waals surface area contributed by atoms with Crippen LogP contribution in [0.1, 0.15) is 56.7 Å². The van der Waals surface area contributed by atoms with Crippen LogP contribution in [0.15, 0.2) is 77.3 Å². The first-order valence-electron chi connectivity index (χ1n) is 14.0. The van der Waals surface area contributed by atoms with Gasteiger partial charge >= 0.3 is 24.7 Å². The van der Waals surface area contributed by atoms with Crippen LogP contribution in [0.3, 0.4) is 0 Å². The summed E-state index contributed by atoms with van der Waals surface area (Å²) >= 11 is 0. The van der Waals surface area contributed by atoms with Crippen LogP contribution in [0.25, 0.3) is 0 Å². The van der Waals surface area contributed by atoms with Gasteiger partial charge in [0.25, 0.3) is 0 Å². The molecular formula is C30H43N2O6P3. The zero-order valence-electron chi connectivity index (χ0n) is 24.9. The van der Waals surface area contributed by atoms with Gasteiger partial charge < -0.3 is 27.1 Å². The molecule has 0 heterocycles. The van der Waals surface area contributed by atoms with Crippen molar-refractivity contribution in [3.8, 4) is 17.2 Å². The van der Waals surface area contributed by atoms with Gasteiger partial charge in [-0.15, -0.1) is 9.37 Å². The van der Waals surface area contributed by atoms with Crippen LogP contribution in [0.2, 0.25) is 0 Å². The first kappa shape index (κ1) is 33.5. The standard InChI is InChI=1S/C30H43N2O6P3/c1-7-22-33-39(36-28-19-13-10-16-25(28)4)31-41(35-24-9-3,38-30-21-15-12-18-27(30)6)32-40(34-23-8-2)37-29-20-14-11-17-26(29)5/h10-21,31H,7-9,22-24H2,1-6H3. The van der Waals surface area contributed by atoms with Crippen LogP contribution in [0.5, 0.6) is 17.2 Å². The molecule has 0 spiro atoms. The van der Waals surface area contributed by atoms with E-state index in [0.29, 0.717) is 37.1 Å². The van der Waals surface area contributed by atoms with E-state index in [1.165, 1.54) is 0 Å². The van der Waals surface area contributed by atoms with Crippen LogP contribution in [-0.4, -0.2) is 19.8 Å². The van der Waals surface area contributed by atoms with Crippen LogP contribution < -0.4 is 18.4 Å². The summed E-state index contributed by atoms with van der Waals surface area (Å²) in [6.07, 6.45) is 2.38. The van der Waals surface area contributed by atoms with Crippen molar-refractivity contribution in [3.63, 3.8) is 0 Å². The van der Waals surface area contributed by atoms with Gasteiger partial charge in [0.15, 0.2) is 0 Å². The Morgan fingerprint density at radius 2 is 1.12 bits per heavy atom. The summed E-state index contributed by atoms with van der Waals surface area (Å²) in [7, 11) is -6.87. The molecule has 224 valence electrons. The van der Waals surface area contributed by atoms with E-state index in [9.17, 15) is 0 Å². The molecule has 0 aliphatic heterocycles. The van der Waals surface area contributed by atoms with Crippen molar-refractivity contribution in [2.75, 3.05) is 19.8 Å². The maximum atomic E-state index is 6.72. The second-order valence-electron chi connectivity index (χ2n) is 9.27. The third-order valence-electron chi connectivity index (χ3n) is 5.55. The summed E-state index contributed by atoms with van der Waals surface area (Å²) in [5, 5.41) is 0. The van der Waals surface area contributed by atoms with E-state index in [1.807, 2.05) is 107 Å². The lowest BCUT2D eigenvalue weighted by molar-refractivity contribution is 0.285. The fraction of sp³-hybridized carbons (Fsp3) is 0.400. The largest absolute Gasteiger partial charge is 0.435 e. The van der Waals surface area contributed by atoms with E-state index in [-0.39, 0.29) is 0 Å². The van der Waals surface area contributed by atoms with Crippen LogP contribution >= 0.6 is 24.7 Å². The molecule has 0 amide bonds. The third kappa shape index (κ3) is 11.0. The molecule has 0 fully saturated rings. The molecule has 0 aliphatic carbocycles. The van der Waals surface area contributed by atoms with Gasteiger partial charge in [0.05, 0.1) is 19.8 Å². The quantitative estimate of drug-likeness (QED) is 0.142. The fourth-order valence-electron chi connectivity index (χ4n) is 3.33. The molecule has 11 heteroatoms.